The number of aromatic nitrogens is 1. The van der Waals surface area contributed by atoms with Gasteiger partial charge in [-0.25, -0.2) is 4.98 Å². The van der Waals surface area contributed by atoms with Crippen molar-refractivity contribution in [3.8, 4) is 5.75 Å². The lowest BCUT2D eigenvalue weighted by molar-refractivity contribution is 0.415. The Hall–Kier alpha value is -1.62. The van der Waals surface area contributed by atoms with Gasteiger partial charge in [-0.05, 0) is 42.5 Å². The third-order valence-electron chi connectivity index (χ3n) is 3.70. The molecule has 0 bridgehead atoms. The first-order valence-corrected chi connectivity index (χ1v) is 8.29. The average Bonchev–Trinajstić information content (AvgIpc) is 2.49. The van der Waals surface area contributed by atoms with E-state index in [9.17, 15) is 4.21 Å². The second-order valence-corrected chi connectivity index (χ2v) is 6.71. The summed E-state index contributed by atoms with van der Waals surface area (Å²) in [6.45, 7) is 0. The number of pyridine rings is 1. The Kier molecular flexibility index (Phi) is 3.87. The summed E-state index contributed by atoms with van der Waals surface area (Å²) >= 11 is 0. The molecule has 0 saturated carbocycles. The fourth-order valence-electron chi connectivity index (χ4n) is 2.53. The highest BCUT2D eigenvalue weighted by Gasteiger charge is 2.18. The van der Waals surface area contributed by atoms with Crippen molar-refractivity contribution in [1.29, 1.82) is 0 Å². The molecule has 0 amide bonds. The van der Waals surface area contributed by atoms with Crippen molar-refractivity contribution in [2.24, 2.45) is 0 Å². The average molecular weight is 290 g/mol. The molecule has 4 nitrogen and oxygen atoms in total. The fraction of sp³-hybridized carbons (Fsp3) is 0.400. The molecule has 0 spiro atoms. The number of nitrogens with one attached hydrogen (secondary N) is 1. The highest BCUT2D eigenvalue weighted by atomic mass is 32.2. The largest absolute Gasteiger partial charge is 0.497 e. The summed E-state index contributed by atoms with van der Waals surface area (Å²) in [6.07, 6.45) is 3.70. The molecule has 1 saturated heterocycles. The number of benzene rings is 1. The van der Waals surface area contributed by atoms with Gasteiger partial charge in [0.05, 0.1) is 7.11 Å². The first kappa shape index (κ1) is 13.4. The van der Waals surface area contributed by atoms with Gasteiger partial charge in [0.25, 0.3) is 0 Å². The maximum atomic E-state index is 11.4. The van der Waals surface area contributed by atoms with Crippen LogP contribution in [0.3, 0.4) is 0 Å². The number of hydrogen-bond donors (Lipinski definition) is 1. The first-order chi connectivity index (χ1) is 9.76. The van der Waals surface area contributed by atoms with Crippen LogP contribution in [0.25, 0.3) is 10.8 Å². The van der Waals surface area contributed by atoms with Crippen LogP contribution in [0.5, 0.6) is 5.75 Å². The van der Waals surface area contributed by atoms with Gasteiger partial charge in [-0.2, -0.15) is 0 Å². The molecule has 0 radical (unpaired) electrons. The van der Waals surface area contributed by atoms with E-state index in [2.05, 4.69) is 10.3 Å². The van der Waals surface area contributed by atoms with Crippen molar-refractivity contribution in [3.05, 3.63) is 30.5 Å². The molecular weight excluding hydrogens is 272 g/mol. The second kappa shape index (κ2) is 5.79. The monoisotopic (exact) mass is 290 g/mol. The first-order valence-electron chi connectivity index (χ1n) is 6.80. The van der Waals surface area contributed by atoms with Crippen molar-refractivity contribution < 1.29 is 8.95 Å². The molecular formula is C15H18N2O2S. The Labute approximate surface area is 121 Å². The van der Waals surface area contributed by atoms with Gasteiger partial charge in [-0.15, -0.1) is 0 Å². The van der Waals surface area contributed by atoms with Crippen LogP contribution in [0, 0.1) is 0 Å². The summed E-state index contributed by atoms with van der Waals surface area (Å²) in [5.41, 5.74) is 0. The Balaban J connectivity index is 1.86. The Morgan fingerprint density at radius 3 is 2.85 bits per heavy atom. The van der Waals surface area contributed by atoms with Gasteiger partial charge in [0.15, 0.2) is 0 Å². The number of hydrogen-bond acceptors (Lipinski definition) is 4. The summed E-state index contributed by atoms with van der Waals surface area (Å²) in [7, 11) is 1.04. The minimum absolute atomic E-state index is 0.368. The summed E-state index contributed by atoms with van der Waals surface area (Å²) in [6, 6.07) is 8.35. The lowest BCUT2D eigenvalue weighted by Crippen LogP contribution is -2.29. The smallest absolute Gasteiger partial charge is 0.134 e. The topological polar surface area (TPSA) is 51.2 Å². The van der Waals surface area contributed by atoms with E-state index in [4.69, 9.17) is 4.74 Å². The van der Waals surface area contributed by atoms with Gasteiger partial charge < -0.3 is 10.1 Å². The van der Waals surface area contributed by atoms with Crippen LogP contribution in [0.1, 0.15) is 12.8 Å². The highest BCUT2D eigenvalue weighted by molar-refractivity contribution is 7.85. The zero-order valence-electron chi connectivity index (χ0n) is 11.5. The third kappa shape index (κ3) is 2.77. The van der Waals surface area contributed by atoms with E-state index < -0.39 is 10.8 Å². The van der Waals surface area contributed by atoms with Crippen LogP contribution in [-0.4, -0.2) is 33.9 Å². The summed E-state index contributed by atoms with van der Waals surface area (Å²) < 4.78 is 16.6. The van der Waals surface area contributed by atoms with Gasteiger partial charge in [-0.3, -0.25) is 4.21 Å². The standard InChI is InChI=1S/C15H18N2O2S/c1-19-13-2-3-14-11(10-13)4-7-16-15(14)17-12-5-8-20(18)9-6-12/h2-4,7,10,12H,5-6,8-9H2,1H3,(H,16,17). The number of ether oxygens (including phenoxy) is 1. The minimum atomic E-state index is -0.627. The van der Waals surface area contributed by atoms with Crippen LogP contribution in [0.2, 0.25) is 0 Å². The van der Waals surface area contributed by atoms with Gasteiger partial charge in [0.1, 0.15) is 11.6 Å². The molecule has 2 heterocycles. The Morgan fingerprint density at radius 1 is 1.30 bits per heavy atom. The van der Waals surface area contributed by atoms with E-state index in [0.29, 0.717) is 6.04 Å². The molecule has 1 aromatic carbocycles. The lowest BCUT2D eigenvalue weighted by atomic mass is 10.1. The molecule has 0 atom stereocenters. The maximum absolute atomic E-state index is 11.4. The number of nitrogens with zero attached hydrogens (tertiary/aromatic N) is 1. The van der Waals surface area contributed by atoms with Crippen molar-refractivity contribution in [1.82, 2.24) is 4.98 Å². The number of anilines is 1. The molecule has 1 aromatic heterocycles. The van der Waals surface area contributed by atoms with Crippen LogP contribution in [0.4, 0.5) is 5.82 Å². The molecule has 106 valence electrons. The van der Waals surface area contributed by atoms with Crippen molar-refractivity contribution >= 4 is 27.4 Å². The Bertz CT molecular complexity index is 635. The van der Waals surface area contributed by atoms with Crippen molar-refractivity contribution in [3.63, 3.8) is 0 Å². The zero-order valence-corrected chi connectivity index (χ0v) is 12.3. The molecule has 1 N–H and O–H groups in total. The van der Waals surface area contributed by atoms with Gasteiger partial charge in [0, 0.05) is 39.9 Å². The van der Waals surface area contributed by atoms with Crippen LogP contribution >= 0.6 is 0 Å². The minimum Gasteiger partial charge on any atom is -0.497 e. The van der Waals surface area contributed by atoms with E-state index >= 15 is 0 Å². The zero-order chi connectivity index (χ0) is 13.9. The summed E-state index contributed by atoms with van der Waals surface area (Å²) in [5, 5.41) is 5.70. The molecule has 20 heavy (non-hydrogen) atoms. The van der Waals surface area contributed by atoms with Gasteiger partial charge in [-0.1, -0.05) is 0 Å². The van der Waals surface area contributed by atoms with Gasteiger partial charge in [0.2, 0.25) is 0 Å². The van der Waals surface area contributed by atoms with E-state index in [1.54, 1.807) is 7.11 Å². The van der Waals surface area contributed by atoms with Crippen molar-refractivity contribution in [2.75, 3.05) is 23.9 Å². The SMILES string of the molecule is COc1ccc2c(NC3CCS(=O)CC3)nccc2c1. The Morgan fingerprint density at radius 2 is 2.10 bits per heavy atom. The normalized spacial score (nSPS) is 22.6. The second-order valence-electron chi connectivity index (χ2n) is 5.01. The molecule has 1 aliphatic rings. The molecule has 3 rings (SSSR count). The molecule has 0 aliphatic carbocycles. The predicted molar refractivity (Wildman–Crippen MR) is 82.8 cm³/mol. The molecule has 1 aliphatic heterocycles. The number of rotatable bonds is 3. The third-order valence-corrected chi connectivity index (χ3v) is 5.08. The van der Waals surface area contributed by atoms with Gasteiger partial charge >= 0.3 is 0 Å². The van der Waals surface area contributed by atoms with E-state index in [-0.39, 0.29) is 0 Å². The van der Waals surface area contributed by atoms with Crippen LogP contribution < -0.4 is 10.1 Å². The molecule has 0 unspecified atom stereocenters. The molecule has 5 heteroatoms. The lowest BCUT2D eigenvalue weighted by Gasteiger charge is -2.23. The number of fused-ring (bicyclic) bond motifs is 1. The van der Waals surface area contributed by atoms with E-state index in [1.165, 1.54) is 0 Å². The quantitative estimate of drug-likeness (QED) is 0.944. The highest BCUT2D eigenvalue weighted by Crippen LogP contribution is 2.26. The molecule has 1 fully saturated rings. The fourth-order valence-corrected chi connectivity index (χ4v) is 3.83. The number of methoxy groups -OCH3 is 1. The van der Waals surface area contributed by atoms with Crippen molar-refractivity contribution in [2.45, 2.75) is 18.9 Å². The molecule has 2 aromatic rings. The maximum Gasteiger partial charge on any atom is 0.134 e. The summed E-state index contributed by atoms with van der Waals surface area (Å²) in [4.78, 5) is 4.45. The summed E-state index contributed by atoms with van der Waals surface area (Å²) in [5.74, 6) is 3.33. The van der Waals surface area contributed by atoms with Crippen LogP contribution in [-0.2, 0) is 10.8 Å². The van der Waals surface area contributed by atoms with E-state index in [0.717, 1.165) is 46.7 Å². The van der Waals surface area contributed by atoms with E-state index in [1.807, 2.05) is 30.5 Å². The van der Waals surface area contributed by atoms with Crippen LogP contribution in [0.15, 0.2) is 30.5 Å². The predicted octanol–water partition coefficient (Wildman–Crippen LogP) is 2.57.